The molecule has 20 heavy (non-hydrogen) atoms. The average Bonchev–Trinajstić information content (AvgIpc) is 2.39. The Kier molecular flexibility index (Phi) is 6.35. The topological polar surface area (TPSA) is 67.4 Å². The van der Waals surface area contributed by atoms with Crippen LogP contribution in [0.1, 0.15) is 12.5 Å². The third-order valence-electron chi connectivity index (χ3n) is 2.25. The Bertz CT molecular complexity index is 544. The quantitative estimate of drug-likeness (QED) is 0.839. The molecule has 0 spiro atoms. The largest absolute Gasteiger partial charge is 0.444 e. The first-order valence-corrected chi connectivity index (χ1v) is 6.45. The van der Waals surface area contributed by atoms with Crippen molar-refractivity contribution in [1.82, 2.24) is 10.6 Å². The summed E-state index contributed by atoms with van der Waals surface area (Å²) in [6.45, 7) is 1.63. The Labute approximate surface area is 126 Å². The van der Waals surface area contributed by atoms with Gasteiger partial charge >= 0.3 is 6.09 Å². The molecule has 0 aromatic heterocycles. The van der Waals surface area contributed by atoms with Crippen LogP contribution in [0.5, 0.6) is 0 Å². The van der Waals surface area contributed by atoms with E-state index in [0.29, 0.717) is 21.3 Å². The summed E-state index contributed by atoms with van der Waals surface area (Å²) in [5.74, 6) is -0.313. The summed E-state index contributed by atoms with van der Waals surface area (Å²) in [5.41, 5.74) is 1.09. The molecule has 0 radical (unpaired) electrons. The highest BCUT2D eigenvalue weighted by Crippen LogP contribution is 2.22. The molecular formula is C13H14Cl2N2O3. The van der Waals surface area contributed by atoms with Gasteiger partial charge in [-0.1, -0.05) is 29.3 Å². The fraction of sp³-hybridized carbons (Fsp3) is 0.231. The number of alkyl carbamates (subject to hydrolysis) is 1. The summed E-state index contributed by atoms with van der Waals surface area (Å²) in [6.07, 6.45) is 0.592. The minimum Gasteiger partial charge on any atom is -0.444 e. The van der Waals surface area contributed by atoms with Gasteiger partial charge in [-0.3, -0.25) is 10.1 Å². The summed E-state index contributed by atoms with van der Waals surface area (Å²) in [4.78, 5) is 22.5. The number of nitrogens with one attached hydrogen (secondary N) is 2. The van der Waals surface area contributed by atoms with Crippen molar-refractivity contribution >= 4 is 35.2 Å². The van der Waals surface area contributed by atoms with Crippen molar-refractivity contribution < 1.29 is 14.3 Å². The van der Waals surface area contributed by atoms with Gasteiger partial charge in [-0.25, -0.2) is 4.79 Å². The Balaban J connectivity index is 2.49. The van der Waals surface area contributed by atoms with Gasteiger partial charge in [0.2, 0.25) is 5.91 Å². The van der Waals surface area contributed by atoms with Gasteiger partial charge in [-0.15, -0.1) is 0 Å². The van der Waals surface area contributed by atoms with Crippen molar-refractivity contribution in [3.8, 4) is 0 Å². The second-order valence-electron chi connectivity index (χ2n) is 3.89. The van der Waals surface area contributed by atoms with Gasteiger partial charge in [0.15, 0.2) is 0 Å². The van der Waals surface area contributed by atoms with Crippen LogP contribution in [-0.2, 0) is 16.1 Å². The van der Waals surface area contributed by atoms with Crippen LogP contribution in [0, 0.1) is 0 Å². The van der Waals surface area contributed by atoms with Gasteiger partial charge in [0.25, 0.3) is 0 Å². The van der Waals surface area contributed by atoms with Crippen LogP contribution in [0.4, 0.5) is 4.79 Å². The minimum atomic E-state index is -0.659. The van der Waals surface area contributed by atoms with Crippen molar-refractivity contribution in [3.63, 3.8) is 0 Å². The molecule has 108 valence electrons. The zero-order chi connectivity index (χ0) is 15.1. The van der Waals surface area contributed by atoms with E-state index in [1.165, 1.54) is 13.1 Å². The van der Waals surface area contributed by atoms with E-state index in [1.807, 2.05) is 0 Å². The number of hydrogen-bond acceptors (Lipinski definition) is 3. The maximum Gasteiger partial charge on any atom is 0.411 e. The van der Waals surface area contributed by atoms with Gasteiger partial charge in [-0.05, 0) is 24.6 Å². The summed E-state index contributed by atoms with van der Waals surface area (Å²) in [7, 11) is 1.49. The van der Waals surface area contributed by atoms with Crippen LogP contribution in [-0.4, -0.2) is 19.0 Å². The number of allylic oxidation sites excluding steroid dienone is 1. The van der Waals surface area contributed by atoms with E-state index < -0.39 is 6.09 Å². The highest BCUT2D eigenvalue weighted by Gasteiger charge is 2.05. The molecule has 1 rings (SSSR count). The maximum absolute atomic E-state index is 11.5. The first-order valence-electron chi connectivity index (χ1n) is 5.70. The lowest BCUT2D eigenvalue weighted by Gasteiger charge is -2.07. The summed E-state index contributed by atoms with van der Waals surface area (Å²) < 4.78 is 4.98. The number of likely N-dealkylation sites (N-methyl/N-ethyl adjacent to an activating group) is 1. The third-order valence-corrected chi connectivity index (χ3v) is 2.99. The molecule has 0 heterocycles. The van der Waals surface area contributed by atoms with Gasteiger partial charge in [0.1, 0.15) is 6.61 Å². The monoisotopic (exact) mass is 316 g/mol. The molecule has 1 aromatic carbocycles. The molecule has 5 nitrogen and oxygen atoms in total. The van der Waals surface area contributed by atoms with E-state index in [2.05, 4.69) is 10.6 Å². The molecule has 0 saturated carbocycles. The zero-order valence-electron chi connectivity index (χ0n) is 11.0. The molecule has 0 fully saturated rings. The van der Waals surface area contributed by atoms with E-state index in [9.17, 15) is 9.59 Å². The standard InChI is InChI=1S/C13H14Cl2N2O3/c1-8(5-12(18)16-2)17-13(19)20-7-9-3-4-10(14)11(15)6-9/h3-6H,7H2,1-2H3,(H,16,18)(H,17,19)/b8-5-. The van der Waals surface area contributed by atoms with Crippen molar-refractivity contribution in [1.29, 1.82) is 0 Å². The molecule has 0 aliphatic carbocycles. The maximum atomic E-state index is 11.5. The highest BCUT2D eigenvalue weighted by molar-refractivity contribution is 6.42. The van der Waals surface area contributed by atoms with E-state index in [0.717, 1.165) is 0 Å². The van der Waals surface area contributed by atoms with Crippen LogP contribution < -0.4 is 10.6 Å². The van der Waals surface area contributed by atoms with Crippen LogP contribution in [0.3, 0.4) is 0 Å². The molecule has 0 saturated heterocycles. The third kappa shape index (κ3) is 5.50. The first kappa shape index (κ1) is 16.3. The van der Waals surface area contributed by atoms with Crippen LogP contribution in [0.25, 0.3) is 0 Å². The number of rotatable bonds is 4. The number of ether oxygens (including phenoxy) is 1. The number of halogens is 2. The molecule has 2 amide bonds. The van der Waals surface area contributed by atoms with Crippen molar-refractivity contribution in [2.45, 2.75) is 13.5 Å². The summed E-state index contributed by atoms with van der Waals surface area (Å²) >= 11 is 11.6. The minimum absolute atomic E-state index is 0.0516. The second kappa shape index (κ2) is 7.77. The van der Waals surface area contributed by atoms with Crippen LogP contribution >= 0.6 is 23.2 Å². The number of carbonyl (C=O) groups excluding carboxylic acids is 2. The van der Waals surface area contributed by atoms with Gasteiger partial charge in [0.05, 0.1) is 10.0 Å². The molecule has 0 atom stereocenters. The smallest absolute Gasteiger partial charge is 0.411 e. The SMILES string of the molecule is CNC(=O)/C=C(/C)NC(=O)OCc1ccc(Cl)c(Cl)c1. The fourth-order valence-corrected chi connectivity index (χ4v) is 1.60. The summed E-state index contributed by atoms with van der Waals surface area (Å²) in [5, 5.41) is 5.65. The number of amides is 2. The lowest BCUT2D eigenvalue weighted by molar-refractivity contribution is -0.116. The van der Waals surface area contributed by atoms with E-state index >= 15 is 0 Å². The molecular weight excluding hydrogens is 303 g/mol. The van der Waals surface area contributed by atoms with Crippen LogP contribution in [0.2, 0.25) is 10.0 Å². The van der Waals surface area contributed by atoms with Gasteiger partial charge in [0, 0.05) is 18.8 Å². The van der Waals surface area contributed by atoms with E-state index in [1.54, 1.807) is 25.1 Å². The molecule has 0 aliphatic heterocycles. The van der Waals surface area contributed by atoms with Gasteiger partial charge in [-0.2, -0.15) is 0 Å². The molecule has 0 aliphatic rings. The molecule has 0 bridgehead atoms. The predicted octanol–water partition coefficient (Wildman–Crippen LogP) is 2.87. The van der Waals surface area contributed by atoms with Crippen LogP contribution in [0.15, 0.2) is 30.0 Å². The highest BCUT2D eigenvalue weighted by atomic mass is 35.5. The first-order chi connectivity index (χ1) is 9.42. The zero-order valence-corrected chi connectivity index (χ0v) is 12.5. The molecule has 0 unspecified atom stereocenters. The molecule has 2 N–H and O–H groups in total. The lowest BCUT2D eigenvalue weighted by atomic mass is 10.2. The lowest BCUT2D eigenvalue weighted by Crippen LogP contribution is -2.24. The van der Waals surface area contributed by atoms with Gasteiger partial charge < -0.3 is 10.1 Å². The predicted molar refractivity (Wildman–Crippen MR) is 77.6 cm³/mol. The Morgan fingerprint density at radius 2 is 2.00 bits per heavy atom. The normalized spacial score (nSPS) is 10.9. The van der Waals surface area contributed by atoms with E-state index in [-0.39, 0.29) is 12.5 Å². The number of carbonyl (C=O) groups is 2. The number of benzene rings is 1. The Hall–Kier alpha value is -1.72. The summed E-state index contributed by atoms with van der Waals surface area (Å²) in [6, 6.07) is 4.94. The Morgan fingerprint density at radius 1 is 1.30 bits per heavy atom. The Morgan fingerprint density at radius 3 is 2.60 bits per heavy atom. The second-order valence-corrected chi connectivity index (χ2v) is 4.71. The fourth-order valence-electron chi connectivity index (χ4n) is 1.28. The molecule has 7 heteroatoms. The van der Waals surface area contributed by atoms with Crippen molar-refractivity contribution in [2.24, 2.45) is 0 Å². The van der Waals surface area contributed by atoms with Crippen molar-refractivity contribution in [2.75, 3.05) is 7.05 Å². The van der Waals surface area contributed by atoms with Crippen molar-refractivity contribution in [3.05, 3.63) is 45.6 Å². The average molecular weight is 317 g/mol. The van der Waals surface area contributed by atoms with E-state index in [4.69, 9.17) is 27.9 Å². The number of hydrogen-bond donors (Lipinski definition) is 2. The molecule has 1 aromatic rings.